The van der Waals surface area contributed by atoms with Gasteiger partial charge in [0.05, 0.1) is 17.3 Å². The Labute approximate surface area is 122 Å². The van der Waals surface area contributed by atoms with Crippen molar-refractivity contribution in [2.45, 2.75) is 11.8 Å². The molecule has 0 fully saturated rings. The van der Waals surface area contributed by atoms with Gasteiger partial charge in [0.25, 0.3) is 0 Å². The van der Waals surface area contributed by atoms with E-state index in [0.29, 0.717) is 17.8 Å². The molecule has 21 heavy (non-hydrogen) atoms. The third-order valence-electron chi connectivity index (χ3n) is 2.81. The number of sulfone groups is 1. The fourth-order valence-corrected chi connectivity index (χ4v) is 2.90. The highest BCUT2D eigenvalue weighted by molar-refractivity contribution is 7.91. The smallest absolute Gasteiger partial charge is 0.182 e. The molecule has 1 aromatic heterocycles. The van der Waals surface area contributed by atoms with E-state index in [1.165, 1.54) is 4.68 Å². The molecule has 0 aliphatic rings. The molecule has 0 spiro atoms. The van der Waals surface area contributed by atoms with Gasteiger partial charge >= 0.3 is 0 Å². The van der Waals surface area contributed by atoms with Crippen LogP contribution in [0.25, 0.3) is 5.69 Å². The number of nitrogens with two attached hydrogens (primary N) is 1. The lowest BCUT2D eigenvalue weighted by Crippen LogP contribution is -2.06. The SMILES string of the molecule is CCNc1nn(-c2cccc(C#N)c2)c(N)c1S(C)(=O)=O. The summed E-state index contributed by atoms with van der Waals surface area (Å²) in [6, 6.07) is 8.63. The first-order chi connectivity index (χ1) is 9.88. The number of benzene rings is 1. The van der Waals surface area contributed by atoms with E-state index in [4.69, 9.17) is 11.0 Å². The summed E-state index contributed by atoms with van der Waals surface area (Å²) >= 11 is 0. The lowest BCUT2D eigenvalue weighted by atomic mass is 10.2. The van der Waals surface area contributed by atoms with Gasteiger partial charge in [0.1, 0.15) is 5.82 Å². The van der Waals surface area contributed by atoms with E-state index in [1.54, 1.807) is 24.3 Å². The molecule has 0 saturated carbocycles. The Morgan fingerprint density at radius 1 is 1.48 bits per heavy atom. The van der Waals surface area contributed by atoms with E-state index in [9.17, 15) is 8.42 Å². The Morgan fingerprint density at radius 3 is 2.76 bits per heavy atom. The third-order valence-corrected chi connectivity index (χ3v) is 3.95. The van der Waals surface area contributed by atoms with Crippen molar-refractivity contribution < 1.29 is 8.42 Å². The van der Waals surface area contributed by atoms with Gasteiger partial charge in [-0.25, -0.2) is 13.1 Å². The molecular formula is C13H15N5O2S. The number of hydrogen-bond donors (Lipinski definition) is 2. The van der Waals surface area contributed by atoms with Gasteiger partial charge in [-0.1, -0.05) is 6.07 Å². The number of nitrogen functional groups attached to an aromatic ring is 1. The second-order valence-electron chi connectivity index (χ2n) is 4.44. The zero-order chi connectivity index (χ0) is 15.6. The summed E-state index contributed by atoms with van der Waals surface area (Å²) in [6.45, 7) is 2.34. The topological polar surface area (TPSA) is 114 Å². The van der Waals surface area contributed by atoms with Crippen LogP contribution in [-0.4, -0.2) is 31.0 Å². The van der Waals surface area contributed by atoms with Crippen LogP contribution in [0.3, 0.4) is 0 Å². The largest absolute Gasteiger partial charge is 0.382 e. The van der Waals surface area contributed by atoms with E-state index in [1.807, 2.05) is 13.0 Å². The van der Waals surface area contributed by atoms with Crippen LogP contribution in [0.1, 0.15) is 12.5 Å². The van der Waals surface area contributed by atoms with Crippen LogP contribution in [0.15, 0.2) is 29.2 Å². The van der Waals surface area contributed by atoms with Crippen LogP contribution in [0.2, 0.25) is 0 Å². The molecule has 1 heterocycles. The number of nitrogens with one attached hydrogen (secondary N) is 1. The minimum atomic E-state index is -3.53. The van der Waals surface area contributed by atoms with E-state index in [0.717, 1.165) is 6.26 Å². The quantitative estimate of drug-likeness (QED) is 0.876. The summed E-state index contributed by atoms with van der Waals surface area (Å²) in [7, 11) is -3.53. The fraction of sp³-hybridized carbons (Fsp3) is 0.231. The van der Waals surface area contributed by atoms with Gasteiger partial charge in [-0.2, -0.15) is 5.26 Å². The summed E-state index contributed by atoms with van der Waals surface area (Å²) in [4.78, 5) is -0.0355. The van der Waals surface area contributed by atoms with E-state index < -0.39 is 9.84 Å². The molecule has 8 heteroatoms. The fourth-order valence-electron chi connectivity index (χ4n) is 1.97. The van der Waals surface area contributed by atoms with E-state index >= 15 is 0 Å². The summed E-state index contributed by atoms with van der Waals surface area (Å²) < 4.78 is 25.1. The highest BCUT2D eigenvalue weighted by Crippen LogP contribution is 2.29. The number of hydrogen-bond acceptors (Lipinski definition) is 6. The predicted molar refractivity (Wildman–Crippen MR) is 80.0 cm³/mol. The second-order valence-corrected chi connectivity index (χ2v) is 6.39. The van der Waals surface area contributed by atoms with Crippen molar-refractivity contribution in [3.63, 3.8) is 0 Å². The van der Waals surface area contributed by atoms with Gasteiger partial charge in [-0.05, 0) is 25.1 Å². The zero-order valence-corrected chi connectivity index (χ0v) is 12.5. The molecule has 1 aromatic carbocycles. The maximum Gasteiger partial charge on any atom is 0.182 e. The van der Waals surface area contributed by atoms with Crippen LogP contribution < -0.4 is 11.1 Å². The Kier molecular flexibility index (Phi) is 3.86. The summed E-state index contributed by atoms with van der Waals surface area (Å²) in [6.07, 6.45) is 1.08. The molecule has 110 valence electrons. The first-order valence-corrected chi connectivity index (χ1v) is 8.10. The van der Waals surface area contributed by atoms with Crippen LogP contribution in [0.5, 0.6) is 0 Å². The molecule has 0 aliphatic carbocycles. The molecule has 3 N–H and O–H groups in total. The standard InChI is InChI=1S/C13H15N5O2S/c1-3-16-13-11(21(2,19)20)12(15)18(17-13)10-6-4-5-9(7-10)8-14/h4-7H,3,15H2,1-2H3,(H,16,17). The summed E-state index contributed by atoms with van der Waals surface area (Å²) in [5.41, 5.74) is 6.91. The van der Waals surface area contributed by atoms with Crippen molar-refractivity contribution in [2.24, 2.45) is 0 Å². The van der Waals surface area contributed by atoms with E-state index in [-0.39, 0.29) is 16.5 Å². The van der Waals surface area contributed by atoms with Crippen molar-refractivity contribution in [3.05, 3.63) is 29.8 Å². The highest BCUT2D eigenvalue weighted by Gasteiger charge is 2.24. The number of rotatable bonds is 4. The van der Waals surface area contributed by atoms with Gasteiger partial charge in [0.15, 0.2) is 20.6 Å². The first kappa shape index (κ1) is 14.9. The number of nitrogens with zero attached hydrogens (tertiary/aromatic N) is 3. The lowest BCUT2D eigenvalue weighted by Gasteiger charge is -2.04. The molecule has 2 aromatic rings. The van der Waals surface area contributed by atoms with E-state index in [2.05, 4.69) is 10.4 Å². The van der Waals surface area contributed by atoms with Gasteiger partial charge in [-0.15, -0.1) is 5.10 Å². The third kappa shape index (κ3) is 2.83. The van der Waals surface area contributed by atoms with Crippen LogP contribution in [0, 0.1) is 11.3 Å². The number of nitriles is 1. The molecule has 0 amide bonds. The summed E-state index contributed by atoms with van der Waals surface area (Å²) in [5, 5.41) is 16.0. The molecule has 0 saturated heterocycles. The van der Waals surface area contributed by atoms with Crippen molar-refractivity contribution >= 4 is 21.5 Å². The minimum Gasteiger partial charge on any atom is -0.382 e. The van der Waals surface area contributed by atoms with Gasteiger partial charge in [0.2, 0.25) is 0 Å². The Balaban J connectivity index is 2.68. The van der Waals surface area contributed by atoms with Crippen LogP contribution >= 0.6 is 0 Å². The molecular weight excluding hydrogens is 290 g/mol. The molecule has 0 unspecified atom stereocenters. The number of anilines is 2. The lowest BCUT2D eigenvalue weighted by molar-refractivity contribution is 0.602. The van der Waals surface area contributed by atoms with Crippen molar-refractivity contribution in [1.82, 2.24) is 9.78 Å². The average molecular weight is 305 g/mol. The second kappa shape index (κ2) is 5.46. The van der Waals surface area contributed by atoms with Crippen molar-refractivity contribution in [3.8, 4) is 11.8 Å². The average Bonchev–Trinajstić information content (AvgIpc) is 2.76. The van der Waals surface area contributed by atoms with Crippen LogP contribution in [-0.2, 0) is 9.84 Å². The monoisotopic (exact) mass is 305 g/mol. The Morgan fingerprint density at radius 2 is 2.19 bits per heavy atom. The van der Waals surface area contributed by atoms with Crippen LogP contribution in [0.4, 0.5) is 11.6 Å². The Hall–Kier alpha value is -2.53. The molecule has 0 radical (unpaired) electrons. The zero-order valence-electron chi connectivity index (χ0n) is 11.7. The molecule has 7 nitrogen and oxygen atoms in total. The summed E-state index contributed by atoms with van der Waals surface area (Å²) in [5.74, 6) is 0.225. The first-order valence-electron chi connectivity index (χ1n) is 6.21. The predicted octanol–water partition coefficient (Wildman–Crippen LogP) is 1.16. The maximum absolute atomic E-state index is 11.9. The normalized spacial score (nSPS) is 11.1. The highest BCUT2D eigenvalue weighted by atomic mass is 32.2. The Bertz CT molecular complexity index is 818. The van der Waals surface area contributed by atoms with Gasteiger partial charge in [-0.3, -0.25) is 0 Å². The van der Waals surface area contributed by atoms with Crippen molar-refractivity contribution in [2.75, 3.05) is 23.9 Å². The maximum atomic E-state index is 11.9. The van der Waals surface area contributed by atoms with Gasteiger partial charge < -0.3 is 11.1 Å². The molecule has 2 rings (SSSR count). The minimum absolute atomic E-state index is 0.0172. The molecule has 0 bridgehead atoms. The number of aromatic nitrogens is 2. The molecule has 0 aliphatic heterocycles. The molecule has 0 atom stereocenters. The van der Waals surface area contributed by atoms with Crippen molar-refractivity contribution in [1.29, 1.82) is 5.26 Å². The van der Waals surface area contributed by atoms with Gasteiger partial charge in [0, 0.05) is 12.8 Å².